The highest BCUT2D eigenvalue weighted by molar-refractivity contribution is 5.89. The van der Waals surface area contributed by atoms with Gasteiger partial charge in [0, 0.05) is 55.0 Å². The van der Waals surface area contributed by atoms with Crippen LogP contribution in [0.5, 0.6) is 0 Å². The van der Waals surface area contributed by atoms with E-state index in [0.717, 1.165) is 28.7 Å². The van der Waals surface area contributed by atoms with Gasteiger partial charge in [-0.1, -0.05) is 11.6 Å². The van der Waals surface area contributed by atoms with Crippen molar-refractivity contribution in [1.82, 2.24) is 14.9 Å². The molecular weight excluding hydrogens is 409 g/mol. The third kappa shape index (κ3) is 4.36. The van der Waals surface area contributed by atoms with E-state index in [4.69, 9.17) is 0 Å². The number of carbonyl (C=O) groups is 1. The topological polar surface area (TPSA) is 72.5 Å². The standard InChI is InChI=1S/C22H23F3N4O2/c1-14-3-5-18-16(11-14)17(13-26-18)20(21(30)31)29-8-2-7-28(9-10-29)19-6-4-15(12-27-19)22(23,24)25/h3-6,11-13,20,26H,2,7-10H2,1H3,(H,30,31)/t20-/m0/s1. The van der Waals surface area contributed by atoms with Crippen LogP contribution in [0.25, 0.3) is 10.9 Å². The molecule has 0 unspecified atom stereocenters. The van der Waals surface area contributed by atoms with E-state index in [2.05, 4.69) is 9.97 Å². The number of carboxylic acids is 1. The van der Waals surface area contributed by atoms with Gasteiger partial charge in [-0.05, 0) is 37.6 Å². The largest absolute Gasteiger partial charge is 0.480 e. The minimum absolute atomic E-state index is 0.457. The van der Waals surface area contributed by atoms with Crippen molar-refractivity contribution in [3.8, 4) is 0 Å². The minimum Gasteiger partial charge on any atom is -0.480 e. The summed E-state index contributed by atoms with van der Waals surface area (Å²) in [5.74, 6) is -0.465. The fraction of sp³-hybridized carbons (Fsp3) is 0.364. The van der Waals surface area contributed by atoms with Gasteiger partial charge in [0.15, 0.2) is 0 Å². The maximum Gasteiger partial charge on any atom is 0.417 e. The van der Waals surface area contributed by atoms with Crippen molar-refractivity contribution in [2.24, 2.45) is 0 Å². The summed E-state index contributed by atoms with van der Waals surface area (Å²) in [5, 5.41) is 10.9. The number of aryl methyl sites for hydroxylation is 1. The molecule has 1 saturated heterocycles. The smallest absolute Gasteiger partial charge is 0.417 e. The first kappa shape index (κ1) is 21.2. The summed E-state index contributed by atoms with van der Waals surface area (Å²) in [6, 6.07) is 7.48. The van der Waals surface area contributed by atoms with E-state index >= 15 is 0 Å². The first-order valence-electron chi connectivity index (χ1n) is 10.1. The van der Waals surface area contributed by atoms with E-state index in [1.807, 2.05) is 34.9 Å². The van der Waals surface area contributed by atoms with Crippen LogP contribution in [0.15, 0.2) is 42.7 Å². The summed E-state index contributed by atoms with van der Waals surface area (Å²) in [6.45, 7) is 4.05. The van der Waals surface area contributed by atoms with Gasteiger partial charge in [0.05, 0.1) is 5.56 Å². The molecule has 31 heavy (non-hydrogen) atoms. The summed E-state index contributed by atoms with van der Waals surface area (Å²) >= 11 is 0. The second-order valence-electron chi connectivity index (χ2n) is 7.81. The molecule has 164 valence electrons. The number of aliphatic carboxylic acids is 1. The number of nitrogens with zero attached hydrogens (tertiary/aromatic N) is 3. The number of nitrogens with one attached hydrogen (secondary N) is 1. The number of rotatable bonds is 4. The van der Waals surface area contributed by atoms with Gasteiger partial charge < -0.3 is 15.0 Å². The Morgan fingerprint density at radius 2 is 1.97 bits per heavy atom. The van der Waals surface area contributed by atoms with E-state index in [9.17, 15) is 23.1 Å². The maximum absolute atomic E-state index is 12.8. The van der Waals surface area contributed by atoms with Crippen LogP contribution in [0.2, 0.25) is 0 Å². The van der Waals surface area contributed by atoms with Crippen molar-refractivity contribution in [1.29, 1.82) is 0 Å². The number of aromatic amines is 1. The SMILES string of the molecule is Cc1ccc2[nH]cc([C@@H](C(=O)O)N3CCCN(c4ccc(C(F)(F)F)cn4)CC3)c2c1. The Bertz CT molecular complexity index is 1080. The first-order valence-corrected chi connectivity index (χ1v) is 10.1. The van der Waals surface area contributed by atoms with Crippen LogP contribution in [0.3, 0.4) is 0 Å². The number of halogens is 3. The number of anilines is 1. The molecule has 0 spiro atoms. The highest BCUT2D eigenvalue weighted by Gasteiger charge is 2.33. The normalized spacial score (nSPS) is 17.0. The van der Waals surface area contributed by atoms with Crippen molar-refractivity contribution in [2.45, 2.75) is 25.6 Å². The molecule has 0 amide bonds. The van der Waals surface area contributed by atoms with Crippen LogP contribution < -0.4 is 4.90 Å². The number of hydrogen-bond donors (Lipinski definition) is 2. The van der Waals surface area contributed by atoms with Crippen LogP contribution in [-0.4, -0.2) is 52.1 Å². The predicted molar refractivity (Wildman–Crippen MR) is 111 cm³/mol. The number of carboxylic acid groups (broad SMARTS) is 1. The molecule has 4 rings (SSSR count). The average molecular weight is 432 g/mol. The number of hydrogen-bond acceptors (Lipinski definition) is 4. The maximum atomic E-state index is 12.8. The lowest BCUT2D eigenvalue weighted by Gasteiger charge is -2.27. The molecule has 6 nitrogen and oxygen atoms in total. The highest BCUT2D eigenvalue weighted by Crippen LogP contribution is 2.32. The third-order valence-electron chi connectivity index (χ3n) is 5.69. The van der Waals surface area contributed by atoms with E-state index in [1.165, 1.54) is 6.07 Å². The van der Waals surface area contributed by atoms with E-state index < -0.39 is 23.8 Å². The molecule has 0 saturated carbocycles. The van der Waals surface area contributed by atoms with Crippen molar-refractivity contribution in [2.75, 3.05) is 31.1 Å². The van der Waals surface area contributed by atoms with E-state index in [-0.39, 0.29) is 0 Å². The lowest BCUT2D eigenvalue weighted by molar-refractivity contribution is -0.143. The molecular formula is C22H23F3N4O2. The number of benzene rings is 1. The summed E-state index contributed by atoms with van der Waals surface area (Å²) in [4.78, 5) is 23.2. The molecule has 3 heterocycles. The summed E-state index contributed by atoms with van der Waals surface area (Å²) in [5.41, 5.74) is 1.87. The van der Waals surface area contributed by atoms with Crippen LogP contribution >= 0.6 is 0 Å². The Kier molecular flexibility index (Phi) is 5.62. The summed E-state index contributed by atoms with van der Waals surface area (Å²) in [6.07, 6.45) is -1.16. The Morgan fingerprint density at radius 1 is 1.16 bits per heavy atom. The van der Waals surface area contributed by atoms with Crippen LogP contribution in [0.4, 0.5) is 19.0 Å². The van der Waals surface area contributed by atoms with Crippen LogP contribution in [0.1, 0.15) is 29.2 Å². The lowest BCUT2D eigenvalue weighted by atomic mass is 10.0. The molecule has 2 N–H and O–H groups in total. The van der Waals surface area contributed by atoms with E-state index in [0.29, 0.717) is 44.0 Å². The fourth-order valence-electron chi connectivity index (χ4n) is 4.13. The molecule has 3 aromatic rings. The Balaban J connectivity index is 1.55. The second-order valence-corrected chi connectivity index (χ2v) is 7.81. The Morgan fingerprint density at radius 3 is 2.65 bits per heavy atom. The zero-order valence-corrected chi connectivity index (χ0v) is 17.0. The summed E-state index contributed by atoms with van der Waals surface area (Å²) in [7, 11) is 0. The van der Waals surface area contributed by atoms with Gasteiger partial charge in [0.1, 0.15) is 11.9 Å². The lowest BCUT2D eigenvalue weighted by Crippen LogP contribution is -2.37. The van der Waals surface area contributed by atoms with Gasteiger partial charge in [-0.3, -0.25) is 9.69 Å². The second kappa shape index (κ2) is 8.22. The number of H-pyrrole nitrogens is 1. The molecule has 1 aromatic carbocycles. The quantitative estimate of drug-likeness (QED) is 0.646. The van der Waals surface area contributed by atoms with Crippen molar-refractivity contribution >= 4 is 22.7 Å². The van der Waals surface area contributed by atoms with Crippen molar-refractivity contribution in [3.05, 3.63) is 59.4 Å². The van der Waals surface area contributed by atoms with Gasteiger partial charge in [-0.15, -0.1) is 0 Å². The highest BCUT2D eigenvalue weighted by atomic mass is 19.4. The van der Waals surface area contributed by atoms with Crippen LogP contribution in [0, 0.1) is 6.92 Å². The molecule has 9 heteroatoms. The molecule has 1 fully saturated rings. The van der Waals surface area contributed by atoms with Crippen molar-refractivity contribution in [3.63, 3.8) is 0 Å². The molecule has 2 aromatic heterocycles. The third-order valence-corrected chi connectivity index (χ3v) is 5.69. The zero-order chi connectivity index (χ0) is 22.2. The Labute approximate surface area is 177 Å². The first-order chi connectivity index (χ1) is 14.7. The number of fused-ring (bicyclic) bond motifs is 1. The van der Waals surface area contributed by atoms with Gasteiger partial charge in [0.2, 0.25) is 0 Å². The fourth-order valence-corrected chi connectivity index (χ4v) is 4.13. The number of alkyl halides is 3. The molecule has 0 radical (unpaired) electrons. The predicted octanol–water partition coefficient (Wildman–Crippen LogP) is 4.23. The monoisotopic (exact) mass is 432 g/mol. The van der Waals surface area contributed by atoms with E-state index in [1.54, 1.807) is 6.20 Å². The van der Waals surface area contributed by atoms with Gasteiger partial charge in [-0.25, -0.2) is 4.98 Å². The number of aromatic nitrogens is 2. The number of pyridine rings is 1. The molecule has 1 atom stereocenters. The van der Waals surface area contributed by atoms with Crippen molar-refractivity contribution < 1.29 is 23.1 Å². The average Bonchev–Trinajstić information content (AvgIpc) is 2.96. The molecule has 1 aliphatic heterocycles. The van der Waals surface area contributed by atoms with Gasteiger partial charge in [0.25, 0.3) is 0 Å². The molecule has 0 bridgehead atoms. The van der Waals surface area contributed by atoms with Crippen LogP contribution in [-0.2, 0) is 11.0 Å². The zero-order valence-electron chi connectivity index (χ0n) is 17.0. The van der Waals surface area contributed by atoms with Gasteiger partial charge in [-0.2, -0.15) is 13.2 Å². The molecule has 1 aliphatic rings. The van der Waals surface area contributed by atoms with Gasteiger partial charge >= 0.3 is 12.1 Å². The Hall–Kier alpha value is -3.07. The minimum atomic E-state index is -4.42. The summed E-state index contributed by atoms with van der Waals surface area (Å²) < 4.78 is 38.4. The molecule has 0 aliphatic carbocycles.